The minimum atomic E-state index is 0.419. The van der Waals surface area contributed by atoms with Gasteiger partial charge in [0, 0.05) is 0 Å². The van der Waals surface area contributed by atoms with E-state index in [-0.39, 0.29) is 0 Å². The Hall–Kier alpha value is -0.770. The molecule has 0 amide bonds. The van der Waals surface area contributed by atoms with Crippen LogP contribution in [0.2, 0.25) is 0 Å². The second kappa shape index (κ2) is 1.69. The van der Waals surface area contributed by atoms with E-state index in [0.717, 1.165) is 23.7 Å². The lowest BCUT2D eigenvalue weighted by Gasteiger charge is -2.28. The maximum atomic E-state index is 8.82. The number of nitriles is 1. The van der Waals surface area contributed by atoms with Crippen LogP contribution < -0.4 is 0 Å². The van der Waals surface area contributed by atoms with E-state index >= 15 is 0 Å². The third-order valence-electron chi connectivity index (χ3n) is 3.71. The molecule has 0 radical (unpaired) electrons. The fraction of sp³-hybridized carbons (Fsp3) is 0.700. The predicted octanol–water partition coefficient (Wildman–Crippen LogP) is 1.97. The number of hydrogen-bond acceptors (Lipinski definition) is 1. The summed E-state index contributed by atoms with van der Waals surface area (Å²) < 4.78 is 0. The molecule has 0 aromatic carbocycles. The first-order valence-electron chi connectivity index (χ1n) is 4.50. The third kappa shape index (κ3) is 0.565. The highest BCUT2D eigenvalue weighted by atomic mass is 14.6. The van der Waals surface area contributed by atoms with E-state index in [1.807, 2.05) is 0 Å². The van der Waals surface area contributed by atoms with Crippen molar-refractivity contribution in [2.24, 2.45) is 29.6 Å². The van der Waals surface area contributed by atoms with Crippen LogP contribution in [-0.4, -0.2) is 0 Å². The van der Waals surface area contributed by atoms with Crippen molar-refractivity contribution in [1.29, 1.82) is 5.26 Å². The second-order valence-electron chi connectivity index (χ2n) is 4.10. The molecule has 0 spiro atoms. The van der Waals surface area contributed by atoms with Gasteiger partial charge in [0.2, 0.25) is 0 Å². The summed E-state index contributed by atoms with van der Waals surface area (Å²) in [6.07, 6.45) is 7.40. The van der Waals surface area contributed by atoms with E-state index in [4.69, 9.17) is 5.26 Å². The molecule has 0 N–H and O–H groups in total. The monoisotopic (exact) mass is 145 g/mol. The molecule has 0 aromatic heterocycles. The average Bonchev–Trinajstić information content (AvgIpc) is 2.81. The first-order valence-corrected chi connectivity index (χ1v) is 4.50. The summed E-state index contributed by atoms with van der Waals surface area (Å²) >= 11 is 0. The number of hydrogen-bond donors (Lipinski definition) is 0. The lowest BCUT2D eigenvalue weighted by atomic mass is 9.76. The van der Waals surface area contributed by atoms with Gasteiger partial charge in [-0.3, -0.25) is 0 Å². The standard InChI is InChI=1S/C10H11N/c11-5-8-9-6-1-2-7(4-3-6)10(8)9/h1-2,6-10H,3-4H2/t6-,7+,8?,9-,10+. The van der Waals surface area contributed by atoms with Crippen LogP contribution in [0.3, 0.4) is 0 Å². The molecule has 4 aliphatic rings. The minimum absolute atomic E-state index is 0.419. The van der Waals surface area contributed by atoms with E-state index in [0.29, 0.717) is 5.92 Å². The van der Waals surface area contributed by atoms with Gasteiger partial charge in [0.1, 0.15) is 0 Å². The molecule has 0 aromatic rings. The minimum Gasteiger partial charge on any atom is -0.198 e. The number of fused-ring (bicyclic) bond motifs is 1. The largest absolute Gasteiger partial charge is 0.198 e. The van der Waals surface area contributed by atoms with Gasteiger partial charge in [0.15, 0.2) is 0 Å². The highest BCUT2D eigenvalue weighted by Gasteiger charge is 2.60. The Bertz CT molecular complexity index is 241. The van der Waals surface area contributed by atoms with Crippen molar-refractivity contribution in [2.45, 2.75) is 12.8 Å². The Kier molecular flexibility index (Phi) is 0.896. The van der Waals surface area contributed by atoms with Gasteiger partial charge in [-0.2, -0.15) is 5.26 Å². The highest BCUT2D eigenvalue weighted by Crippen LogP contribution is 2.63. The van der Waals surface area contributed by atoms with Crippen molar-refractivity contribution in [1.82, 2.24) is 0 Å². The normalized spacial score (nSPS) is 56.8. The van der Waals surface area contributed by atoms with Crippen molar-refractivity contribution in [3.63, 3.8) is 0 Å². The van der Waals surface area contributed by atoms with Crippen molar-refractivity contribution < 1.29 is 0 Å². The van der Waals surface area contributed by atoms with Gasteiger partial charge < -0.3 is 0 Å². The molecule has 5 atom stereocenters. The molecule has 1 nitrogen and oxygen atoms in total. The molecule has 1 heteroatoms. The van der Waals surface area contributed by atoms with E-state index in [9.17, 15) is 0 Å². The van der Waals surface area contributed by atoms with E-state index in [1.54, 1.807) is 0 Å². The molecular formula is C10H11N. The summed E-state index contributed by atoms with van der Waals surface area (Å²) in [5, 5.41) is 8.82. The van der Waals surface area contributed by atoms with Crippen LogP contribution in [0.1, 0.15) is 12.8 Å². The Balaban J connectivity index is 1.97. The maximum Gasteiger partial charge on any atom is 0.0662 e. The molecule has 0 heterocycles. The molecular weight excluding hydrogens is 134 g/mol. The SMILES string of the molecule is N#CC1[C@@H]2[C@H]1[C@H]1C=C[C@@H]2CC1. The smallest absolute Gasteiger partial charge is 0.0662 e. The number of allylic oxidation sites excluding steroid dienone is 2. The van der Waals surface area contributed by atoms with Gasteiger partial charge in [0.05, 0.1) is 12.0 Å². The molecule has 2 fully saturated rings. The fourth-order valence-corrected chi connectivity index (χ4v) is 3.14. The molecule has 11 heavy (non-hydrogen) atoms. The lowest BCUT2D eigenvalue weighted by molar-refractivity contribution is 0.309. The topological polar surface area (TPSA) is 23.8 Å². The van der Waals surface area contributed by atoms with Gasteiger partial charge in [-0.1, -0.05) is 12.2 Å². The summed E-state index contributed by atoms with van der Waals surface area (Å²) in [4.78, 5) is 0. The summed E-state index contributed by atoms with van der Waals surface area (Å²) in [6.45, 7) is 0. The Labute approximate surface area is 66.7 Å². The van der Waals surface area contributed by atoms with Crippen molar-refractivity contribution in [3.05, 3.63) is 12.2 Å². The molecule has 4 aliphatic carbocycles. The Morgan fingerprint density at radius 3 is 2.00 bits per heavy atom. The molecule has 0 saturated heterocycles. The molecule has 2 saturated carbocycles. The molecule has 56 valence electrons. The fourth-order valence-electron chi connectivity index (χ4n) is 3.14. The average molecular weight is 145 g/mol. The molecule has 1 unspecified atom stereocenters. The zero-order valence-electron chi connectivity index (χ0n) is 6.40. The summed E-state index contributed by atoms with van der Waals surface area (Å²) in [5.41, 5.74) is 0. The Morgan fingerprint density at radius 1 is 1.09 bits per heavy atom. The van der Waals surface area contributed by atoms with Gasteiger partial charge in [-0.25, -0.2) is 0 Å². The van der Waals surface area contributed by atoms with Gasteiger partial charge in [0.25, 0.3) is 0 Å². The summed E-state index contributed by atoms with van der Waals surface area (Å²) in [6, 6.07) is 2.44. The van der Waals surface area contributed by atoms with Crippen molar-refractivity contribution in [3.8, 4) is 6.07 Å². The van der Waals surface area contributed by atoms with E-state index in [2.05, 4.69) is 18.2 Å². The van der Waals surface area contributed by atoms with Crippen LogP contribution in [0.25, 0.3) is 0 Å². The third-order valence-corrected chi connectivity index (χ3v) is 3.71. The Morgan fingerprint density at radius 2 is 1.64 bits per heavy atom. The van der Waals surface area contributed by atoms with Crippen LogP contribution in [0, 0.1) is 40.9 Å². The van der Waals surface area contributed by atoms with Gasteiger partial charge >= 0.3 is 0 Å². The summed E-state index contributed by atoms with van der Waals surface area (Å²) in [5.74, 6) is 3.50. The van der Waals surface area contributed by atoms with Crippen LogP contribution in [0.5, 0.6) is 0 Å². The zero-order chi connectivity index (χ0) is 7.42. The first-order chi connectivity index (χ1) is 5.42. The number of nitrogens with zero attached hydrogens (tertiary/aromatic N) is 1. The first kappa shape index (κ1) is 5.83. The van der Waals surface area contributed by atoms with E-state index < -0.39 is 0 Å². The second-order valence-corrected chi connectivity index (χ2v) is 4.10. The maximum absolute atomic E-state index is 8.82. The van der Waals surface area contributed by atoms with Gasteiger partial charge in [-0.05, 0) is 36.5 Å². The van der Waals surface area contributed by atoms with Crippen LogP contribution >= 0.6 is 0 Å². The predicted molar refractivity (Wildman–Crippen MR) is 41.4 cm³/mol. The highest BCUT2D eigenvalue weighted by molar-refractivity contribution is 5.24. The quantitative estimate of drug-likeness (QED) is 0.478. The van der Waals surface area contributed by atoms with Gasteiger partial charge in [-0.15, -0.1) is 0 Å². The lowest BCUT2D eigenvalue weighted by Crippen LogP contribution is -2.19. The van der Waals surface area contributed by atoms with Crippen LogP contribution in [0.15, 0.2) is 12.2 Å². The van der Waals surface area contributed by atoms with Crippen LogP contribution in [-0.2, 0) is 0 Å². The van der Waals surface area contributed by atoms with E-state index in [1.165, 1.54) is 12.8 Å². The molecule has 4 rings (SSSR count). The molecule has 0 aliphatic heterocycles. The summed E-state index contributed by atoms with van der Waals surface area (Å²) in [7, 11) is 0. The van der Waals surface area contributed by atoms with Crippen LogP contribution in [0.4, 0.5) is 0 Å². The molecule has 2 bridgehead atoms. The number of rotatable bonds is 0. The van der Waals surface area contributed by atoms with Crippen molar-refractivity contribution in [2.75, 3.05) is 0 Å². The zero-order valence-corrected chi connectivity index (χ0v) is 6.40. The van der Waals surface area contributed by atoms with Crippen molar-refractivity contribution >= 4 is 0 Å².